The van der Waals surface area contributed by atoms with Crippen molar-refractivity contribution in [3.8, 4) is 0 Å². The Hall–Kier alpha value is -3.17. The summed E-state index contributed by atoms with van der Waals surface area (Å²) in [6, 6.07) is -1.79. The molecule has 0 fully saturated rings. The fraction of sp³-hybridized carbons (Fsp3) is 0.706. The minimum atomic E-state index is -1.52. The first-order valence-corrected chi connectivity index (χ1v) is 9.36. The highest BCUT2D eigenvalue weighted by molar-refractivity contribution is 5.87. The molecule has 0 spiro atoms. The lowest BCUT2D eigenvalue weighted by Crippen LogP contribution is -2.64. The van der Waals surface area contributed by atoms with E-state index in [0.29, 0.717) is 0 Å². The van der Waals surface area contributed by atoms with E-state index in [1.54, 1.807) is 0 Å². The maximum absolute atomic E-state index is 12.6. The summed E-state index contributed by atoms with van der Waals surface area (Å²) in [4.78, 5) is 39.0. The van der Waals surface area contributed by atoms with E-state index in [2.05, 4.69) is 15.5 Å². The topological polar surface area (TPSA) is 207 Å². The number of carbonyl (C=O) groups is 2. The summed E-state index contributed by atoms with van der Waals surface area (Å²) < 4.78 is 26.8. The monoisotopic (exact) mass is 463 g/mol. The molecular weight excluding hydrogens is 434 g/mol. The van der Waals surface area contributed by atoms with E-state index in [9.17, 15) is 19.7 Å². The summed E-state index contributed by atoms with van der Waals surface area (Å²) in [7, 11) is 4.24. The molecule has 0 saturated heterocycles. The van der Waals surface area contributed by atoms with Crippen molar-refractivity contribution in [2.75, 3.05) is 27.9 Å². The van der Waals surface area contributed by atoms with Crippen LogP contribution in [0.2, 0.25) is 0 Å². The van der Waals surface area contributed by atoms with Crippen molar-refractivity contribution >= 4 is 17.8 Å². The molecule has 1 aliphatic heterocycles. The second-order valence-electron chi connectivity index (χ2n) is 6.66. The van der Waals surface area contributed by atoms with Crippen molar-refractivity contribution in [3.05, 3.63) is 21.9 Å². The van der Waals surface area contributed by atoms with Gasteiger partial charge in [-0.1, -0.05) is 0 Å². The number of esters is 1. The summed E-state index contributed by atoms with van der Waals surface area (Å²) >= 11 is 0. The fourth-order valence-corrected chi connectivity index (χ4v) is 3.15. The van der Waals surface area contributed by atoms with Crippen LogP contribution < -0.4 is 16.4 Å². The van der Waals surface area contributed by atoms with Crippen LogP contribution in [0.4, 0.5) is 0 Å². The second kappa shape index (κ2) is 12.6. The summed E-state index contributed by atoms with van der Waals surface area (Å²) in [5.41, 5.74) is 5.46. The van der Waals surface area contributed by atoms with E-state index in [0.717, 1.165) is 6.92 Å². The molecule has 15 heteroatoms. The van der Waals surface area contributed by atoms with Crippen molar-refractivity contribution < 1.29 is 43.2 Å². The van der Waals surface area contributed by atoms with Gasteiger partial charge >= 0.3 is 5.97 Å². The van der Waals surface area contributed by atoms with Crippen LogP contribution in [0.15, 0.2) is 11.8 Å². The third-order valence-corrected chi connectivity index (χ3v) is 4.33. The number of rotatable bonds is 12. The molecule has 0 saturated carbocycles. The van der Waals surface area contributed by atoms with Gasteiger partial charge in [0.05, 0.1) is 18.7 Å². The van der Waals surface area contributed by atoms with Gasteiger partial charge in [-0.3, -0.25) is 15.0 Å². The summed E-state index contributed by atoms with van der Waals surface area (Å²) in [6.45, 7) is 2.50. The van der Waals surface area contributed by atoms with E-state index in [1.165, 1.54) is 34.3 Å². The molecule has 1 rings (SSSR count). The maximum atomic E-state index is 12.6. The Balaban J connectivity index is 3.36. The van der Waals surface area contributed by atoms with Gasteiger partial charge in [0.15, 0.2) is 12.1 Å². The SMILES string of the molecule is COC[C@@H](OC)[C@@H](OC)[C@@H]1OC(C(=O)OC(C)O[N+](=O)[O-])=C[C@H](NC(=N)N)[C@H]1NC(C)=O. The van der Waals surface area contributed by atoms with Crippen molar-refractivity contribution in [2.45, 2.75) is 50.5 Å². The van der Waals surface area contributed by atoms with Gasteiger partial charge in [-0.05, 0) is 13.0 Å². The molecule has 0 radical (unpaired) electrons. The van der Waals surface area contributed by atoms with Gasteiger partial charge in [0, 0.05) is 28.3 Å². The van der Waals surface area contributed by atoms with Crippen molar-refractivity contribution in [2.24, 2.45) is 5.73 Å². The molecule has 0 aromatic heterocycles. The number of nitrogens with one attached hydrogen (secondary N) is 3. The smallest absolute Gasteiger partial charge is 0.375 e. The number of amides is 1. The van der Waals surface area contributed by atoms with Crippen LogP contribution in [0.1, 0.15) is 13.8 Å². The molecule has 1 heterocycles. The van der Waals surface area contributed by atoms with Gasteiger partial charge in [0.1, 0.15) is 12.2 Å². The van der Waals surface area contributed by atoms with Gasteiger partial charge in [-0.2, -0.15) is 0 Å². The van der Waals surface area contributed by atoms with Gasteiger partial charge < -0.3 is 40.1 Å². The molecular formula is C17H29N5O10. The zero-order valence-electron chi connectivity index (χ0n) is 18.4. The average molecular weight is 463 g/mol. The molecule has 0 aromatic carbocycles. The van der Waals surface area contributed by atoms with Crippen molar-refractivity contribution in [3.63, 3.8) is 0 Å². The van der Waals surface area contributed by atoms with Crippen molar-refractivity contribution in [1.29, 1.82) is 5.41 Å². The molecule has 1 amide bonds. The zero-order chi connectivity index (χ0) is 24.4. The number of hydrogen-bond donors (Lipinski definition) is 4. The predicted molar refractivity (Wildman–Crippen MR) is 107 cm³/mol. The molecule has 1 aliphatic rings. The lowest BCUT2D eigenvalue weighted by molar-refractivity contribution is -0.777. The summed E-state index contributed by atoms with van der Waals surface area (Å²) in [5.74, 6) is -2.34. The Kier molecular flexibility index (Phi) is 10.6. The average Bonchev–Trinajstić information content (AvgIpc) is 2.68. The number of methoxy groups -OCH3 is 3. The van der Waals surface area contributed by atoms with Gasteiger partial charge in [0.25, 0.3) is 5.09 Å². The Morgan fingerprint density at radius 3 is 2.44 bits per heavy atom. The number of guanidine groups is 1. The van der Waals surface area contributed by atoms with Crippen LogP contribution in [0.3, 0.4) is 0 Å². The molecule has 0 bridgehead atoms. The second-order valence-corrected chi connectivity index (χ2v) is 6.66. The lowest BCUT2D eigenvalue weighted by atomic mass is 9.91. The largest absolute Gasteiger partial charge is 0.478 e. The third kappa shape index (κ3) is 7.82. The van der Waals surface area contributed by atoms with E-state index in [1.807, 2.05) is 0 Å². The molecule has 32 heavy (non-hydrogen) atoms. The first kappa shape index (κ1) is 26.9. The first-order chi connectivity index (χ1) is 15.0. The standard InChI is InChI=1S/C17H29N5O10/c1-8(23)20-13-10(21-17(18)19)6-11(16(24)30-9(2)32-22(25)26)31-15(13)14(29-5)12(28-4)7-27-3/h6,9-10,12-15H,7H2,1-5H3,(H,20,23)(H4,18,19,21)/t9?,10-,12+,13+,14+,15+/m0/s1. The van der Waals surface area contributed by atoms with E-state index in [4.69, 9.17) is 34.8 Å². The quantitative estimate of drug-likeness (QED) is 0.0644. The first-order valence-electron chi connectivity index (χ1n) is 9.36. The minimum absolute atomic E-state index is 0.0870. The van der Waals surface area contributed by atoms with E-state index in [-0.39, 0.29) is 12.4 Å². The van der Waals surface area contributed by atoms with Crippen LogP contribution in [0.5, 0.6) is 0 Å². The predicted octanol–water partition coefficient (Wildman–Crippen LogP) is -1.60. The molecule has 182 valence electrons. The number of nitrogens with two attached hydrogens (primary N) is 1. The Labute approximate surface area is 184 Å². The Morgan fingerprint density at radius 2 is 1.97 bits per heavy atom. The van der Waals surface area contributed by atoms with Gasteiger partial charge in [-0.25, -0.2) is 4.79 Å². The lowest BCUT2D eigenvalue weighted by Gasteiger charge is -2.42. The molecule has 5 N–H and O–H groups in total. The molecule has 0 aromatic rings. The molecule has 1 unspecified atom stereocenters. The highest BCUT2D eigenvalue weighted by Crippen LogP contribution is 2.26. The summed E-state index contributed by atoms with van der Waals surface area (Å²) in [5, 5.41) is 22.2. The van der Waals surface area contributed by atoms with Crippen LogP contribution in [-0.2, 0) is 38.1 Å². The third-order valence-electron chi connectivity index (χ3n) is 4.33. The van der Waals surface area contributed by atoms with Crippen LogP contribution in [-0.4, -0.2) is 87.5 Å². The highest BCUT2D eigenvalue weighted by atomic mass is 17.0. The van der Waals surface area contributed by atoms with Gasteiger partial charge in [-0.15, -0.1) is 10.1 Å². The molecule has 0 aliphatic carbocycles. The van der Waals surface area contributed by atoms with Crippen LogP contribution in [0, 0.1) is 15.5 Å². The maximum Gasteiger partial charge on any atom is 0.375 e. The number of carbonyl (C=O) groups excluding carboxylic acids is 2. The van der Waals surface area contributed by atoms with E-state index >= 15 is 0 Å². The van der Waals surface area contributed by atoms with Crippen LogP contribution >= 0.6 is 0 Å². The van der Waals surface area contributed by atoms with E-state index < -0.39 is 59.6 Å². The normalized spacial score (nSPS) is 22.9. The van der Waals surface area contributed by atoms with Gasteiger partial charge in [0.2, 0.25) is 18.0 Å². The molecule has 6 atom stereocenters. The number of hydrogen-bond acceptors (Lipinski definition) is 11. The fourth-order valence-electron chi connectivity index (χ4n) is 3.15. The Morgan fingerprint density at radius 1 is 1.31 bits per heavy atom. The number of ether oxygens (including phenoxy) is 5. The zero-order valence-corrected chi connectivity index (χ0v) is 18.4. The highest BCUT2D eigenvalue weighted by Gasteiger charge is 2.45. The van der Waals surface area contributed by atoms with Crippen LogP contribution in [0.25, 0.3) is 0 Å². The minimum Gasteiger partial charge on any atom is -0.478 e. The number of nitrogens with zero attached hydrogens (tertiary/aromatic N) is 1. The van der Waals surface area contributed by atoms with Crippen molar-refractivity contribution in [1.82, 2.24) is 10.6 Å². The Bertz CT molecular complexity index is 718. The molecule has 15 nitrogen and oxygen atoms in total. The summed E-state index contributed by atoms with van der Waals surface area (Å²) in [6.07, 6.45) is -2.91.